The van der Waals surface area contributed by atoms with E-state index in [0.29, 0.717) is 12.1 Å². The van der Waals surface area contributed by atoms with Crippen LogP contribution in [0.25, 0.3) is 0 Å². The molecule has 0 fully saturated rings. The first kappa shape index (κ1) is 11.7. The number of nitrogens with one attached hydrogen (secondary N) is 1. The minimum absolute atomic E-state index is 0.487. The molecule has 0 aromatic heterocycles. The van der Waals surface area contributed by atoms with Crippen molar-refractivity contribution in [1.82, 2.24) is 5.32 Å². The fourth-order valence-corrected chi connectivity index (χ4v) is 2.75. The number of benzene rings is 1. The predicted octanol–water partition coefficient (Wildman–Crippen LogP) is 3.40. The van der Waals surface area contributed by atoms with Gasteiger partial charge in [-0.2, -0.15) is 11.8 Å². The van der Waals surface area contributed by atoms with E-state index < -0.39 is 0 Å². The fraction of sp³-hybridized carbons (Fsp3) is 0.429. The van der Waals surface area contributed by atoms with Crippen LogP contribution in [-0.2, 0) is 0 Å². The molecule has 2 heteroatoms. The molecule has 2 rings (SSSR count). The van der Waals surface area contributed by atoms with E-state index in [-0.39, 0.29) is 0 Å². The smallest absolute Gasteiger partial charge is 0.0414 e. The number of rotatable bonds is 5. The van der Waals surface area contributed by atoms with Crippen LogP contribution in [-0.4, -0.2) is 18.1 Å². The molecule has 1 aliphatic carbocycles. The highest BCUT2D eigenvalue weighted by Crippen LogP contribution is 2.20. The van der Waals surface area contributed by atoms with Crippen molar-refractivity contribution in [1.29, 1.82) is 0 Å². The van der Waals surface area contributed by atoms with Gasteiger partial charge in [0.15, 0.2) is 0 Å². The molecule has 0 aliphatic heterocycles. The summed E-state index contributed by atoms with van der Waals surface area (Å²) in [6.45, 7) is 0. The van der Waals surface area contributed by atoms with E-state index in [1.165, 1.54) is 18.4 Å². The van der Waals surface area contributed by atoms with Gasteiger partial charge in [0.05, 0.1) is 0 Å². The largest absolute Gasteiger partial charge is 0.306 e. The standard InChI is InChI=1S/C14H19NS/c1-16-11-14(12-7-3-2-4-8-12)15-13-9-5-6-10-13/h2-8,13-15H,9-11H2,1H3. The van der Waals surface area contributed by atoms with E-state index in [2.05, 4.69) is 54.1 Å². The first-order valence-corrected chi connectivity index (χ1v) is 7.24. The Morgan fingerprint density at radius 1 is 1.25 bits per heavy atom. The Bertz CT molecular complexity index is 326. The molecule has 1 aliphatic rings. The lowest BCUT2D eigenvalue weighted by Crippen LogP contribution is -2.32. The zero-order chi connectivity index (χ0) is 11.2. The van der Waals surface area contributed by atoms with E-state index >= 15 is 0 Å². The molecule has 1 unspecified atom stereocenters. The van der Waals surface area contributed by atoms with Gasteiger partial charge in [-0.05, 0) is 24.7 Å². The summed E-state index contributed by atoms with van der Waals surface area (Å²) in [5, 5.41) is 3.75. The minimum atomic E-state index is 0.487. The average Bonchev–Trinajstić information content (AvgIpc) is 2.83. The van der Waals surface area contributed by atoms with Crippen molar-refractivity contribution >= 4 is 11.8 Å². The van der Waals surface area contributed by atoms with E-state index in [1.54, 1.807) is 0 Å². The van der Waals surface area contributed by atoms with Gasteiger partial charge in [-0.1, -0.05) is 42.5 Å². The Labute approximate surface area is 102 Å². The third kappa shape index (κ3) is 3.13. The third-order valence-corrected chi connectivity index (χ3v) is 3.65. The summed E-state index contributed by atoms with van der Waals surface area (Å²) < 4.78 is 0. The molecule has 1 N–H and O–H groups in total. The van der Waals surface area contributed by atoms with Crippen molar-refractivity contribution in [2.45, 2.75) is 24.9 Å². The molecule has 0 radical (unpaired) electrons. The summed E-state index contributed by atoms with van der Waals surface area (Å²) in [5.74, 6) is 1.14. The van der Waals surface area contributed by atoms with E-state index in [4.69, 9.17) is 0 Å². The maximum atomic E-state index is 3.75. The number of hydrogen-bond donors (Lipinski definition) is 1. The van der Waals surface area contributed by atoms with Gasteiger partial charge in [-0.15, -0.1) is 0 Å². The second-order valence-corrected chi connectivity index (χ2v) is 5.14. The second-order valence-electron chi connectivity index (χ2n) is 4.23. The van der Waals surface area contributed by atoms with Crippen molar-refractivity contribution in [3.05, 3.63) is 48.0 Å². The topological polar surface area (TPSA) is 12.0 Å². The Hall–Kier alpha value is -0.730. The summed E-state index contributed by atoms with van der Waals surface area (Å²) in [6, 6.07) is 11.9. The highest BCUT2D eigenvalue weighted by Gasteiger charge is 2.16. The summed E-state index contributed by atoms with van der Waals surface area (Å²) in [4.78, 5) is 0. The molecule has 0 amide bonds. The molecule has 86 valence electrons. The molecule has 0 spiro atoms. The summed E-state index contributed by atoms with van der Waals surface area (Å²) >= 11 is 1.91. The molecular weight excluding hydrogens is 214 g/mol. The van der Waals surface area contributed by atoms with Gasteiger partial charge in [0.25, 0.3) is 0 Å². The Kier molecular flexibility index (Phi) is 4.49. The molecular formula is C14H19NS. The third-order valence-electron chi connectivity index (χ3n) is 2.98. The second kappa shape index (κ2) is 6.12. The normalized spacial score (nSPS) is 17.8. The van der Waals surface area contributed by atoms with Crippen LogP contribution < -0.4 is 5.32 Å². The van der Waals surface area contributed by atoms with Crippen molar-refractivity contribution in [2.75, 3.05) is 12.0 Å². The molecule has 0 saturated carbocycles. The van der Waals surface area contributed by atoms with E-state index in [1.807, 2.05) is 11.8 Å². The summed E-state index contributed by atoms with van der Waals surface area (Å²) in [6.07, 6.45) is 9.08. The Morgan fingerprint density at radius 3 is 2.56 bits per heavy atom. The quantitative estimate of drug-likeness (QED) is 0.782. The Morgan fingerprint density at radius 2 is 1.94 bits per heavy atom. The molecule has 0 bridgehead atoms. The van der Waals surface area contributed by atoms with Crippen LogP contribution in [0.3, 0.4) is 0 Å². The highest BCUT2D eigenvalue weighted by molar-refractivity contribution is 7.98. The van der Waals surface area contributed by atoms with Crippen molar-refractivity contribution in [2.24, 2.45) is 0 Å². The van der Waals surface area contributed by atoms with Crippen molar-refractivity contribution in [3.8, 4) is 0 Å². The fourth-order valence-electron chi connectivity index (χ4n) is 2.13. The van der Waals surface area contributed by atoms with Gasteiger partial charge in [-0.3, -0.25) is 0 Å². The first-order valence-electron chi connectivity index (χ1n) is 5.85. The monoisotopic (exact) mass is 233 g/mol. The molecule has 16 heavy (non-hydrogen) atoms. The highest BCUT2D eigenvalue weighted by atomic mass is 32.2. The SMILES string of the molecule is CSCC(NC1CC=CC1)c1ccccc1. The van der Waals surface area contributed by atoms with Gasteiger partial charge in [0.1, 0.15) is 0 Å². The van der Waals surface area contributed by atoms with Crippen LogP contribution in [0, 0.1) is 0 Å². The summed E-state index contributed by atoms with van der Waals surface area (Å²) in [7, 11) is 0. The van der Waals surface area contributed by atoms with Crippen molar-refractivity contribution in [3.63, 3.8) is 0 Å². The molecule has 0 heterocycles. The average molecular weight is 233 g/mol. The number of thioether (sulfide) groups is 1. The zero-order valence-electron chi connectivity index (χ0n) is 9.73. The van der Waals surface area contributed by atoms with E-state index in [0.717, 1.165) is 5.75 Å². The Balaban J connectivity index is 1.99. The van der Waals surface area contributed by atoms with Crippen LogP contribution in [0.15, 0.2) is 42.5 Å². The van der Waals surface area contributed by atoms with Crippen LogP contribution in [0.4, 0.5) is 0 Å². The van der Waals surface area contributed by atoms with Crippen LogP contribution >= 0.6 is 11.8 Å². The molecule has 1 aromatic rings. The van der Waals surface area contributed by atoms with E-state index in [9.17, 15) is 0 Å². The van der Waals surface area contributed by atoms with Gasteiger partial charge in [0, 0.05) is 17.8 Å². The van der Waals surface area contributed by atoms with Gasteiger partial charge >= 0.3 is 0 Å². The van der Waals surface area contributed by atoms with Gasteiger partial charge in [0.2, 0.25) is 0 Å². The lowest BCUT2D eigenvalue weighted by molar-refractivity contribution is 0.476. The molecule has 0 saturated heterocycles. The maximum absolute atomic E-state index is 3.75. The van der Waals surface area contributed by atoms with Gasteiger partial charge in [-0.25, -0.2) is 0 Å². The zero-order valence-corrected chi connectivity index (χ0v) is 10.5. The lowest BCUT2D eigenvalue weighted by atomic mass is 10.1. The van der Waals surface area contributed by atoms with Gasteiger partial charge < -0.3 is 5.32 Å². The van der Waals surface area contributed by atoms with Crippen molar-refractivity contribution < 1.29 is 0 Å². The van der Waals surface area contributed by atoms with Crippen LogP contribution in [0.1, 0.15) is 24.4 Å². The van der Waals surface area contributed by atoms with Crippen LogP contribution in [0.2, 0.25) is 0 Å². The van der Waals surface area contributed by atoms with Crippen LogP contribution in [0.5, 0.6) is 0 Å². The lowest BCUT2D eigenvalue weighted by Gasteiger charge is -2.22. The maximum Gasteiger partial charge on any atom is 0.0414 e. The summed E-state index contributed by atoms with van der Waals surface area (Å²) in [5.41, 5.74) is 1.41. The minimum Gasteiger partial charge on any atom is -0.306 e. The first-order chi connectivity index (χ1) is 7.90. The molecule has 1 atom stereocenters. The predicted molar refractivity (Wildman–Crippen MR) is 72.9 cm³/mol. The number of hydrogen-bond acceptors (Lipinski definition) is 2. The molecule has 1 nitrogen and oxygen atoms in total. The molecule has 1 aromatic carbocycles.